The molecule has 2 N–H and O–H groups in total. The lowest BCUT2D eigenvalue weighted by molar-refractivity contribution is -0.0707. The molecule has 0 saturated carbocycles. The molecule has 1 amide bonds. The maximum absolute atomic E-state index is 10.3. The van der Waals surface area contributed by atoms with Gasteiger partial charge in [0.15, 0.2) is 0 Å². The van der Waals surface area contributed by atoms with E-state index in [-0.39, 0.29) is 12.2 Å². The highest BCUT2D eigenvalue weighted by Gasteiger charge is 2.21. The first-order valence-corrected chi connectivity index (χ1v) is 4.88. The number of morpholine rings is 1. The van der Waals surface area contributed by atoms with Crippen LogP contribution >= 0.6 is 0 Å². The fourth-order valence-corrected chi connectivity index (χ4v) is 1.74. The third kappa shape index (κ3) is 3.93. The highest BCUT2D eigenvalue weighted by atomic mass is 16.5. The van der Waals surface area contributed by atoms with E-state index in [0.717, 1.165) is 19.6 Å². The molecule has 14 heavy (non-hydrogen) atoms. The van der Waals surface area contributed by atoms with E-state index in [1.54, 1.807) is 0 Å². The topological polar surface area (TPSA) is 64.8 Å². The van der Waals surface area contributed by atoms with Crippen molar-refractivity contribution in [1.29, 1.82) is 0 Å². The van der Waals surface area contributed by atoms with Crippen molar-refractivity contribution < 1.29 is 14.3 Å². The van der Waals surface area contributed by atoms with Gasteiger partial charge < -0.3 is 15.2 Å². The Hall–Kier alpha value is -0.810. The van der Waals surface area contributed by atoms with Crippen molar-refractivity contribution >= 4 is 6.09 Å². The minimum Gasteiger partial charge on any atom is -0.448 e. The molecule has 2 atom stereocenters. The smallest absolute Gasteiger partial charge is 0.404 e. The van der Waals surface area contributed by atoms with Crippen LogP contribution in [0.4, 0.5) is 4.79 Å². The quantitative estimate of drug-likeness (QED) is 0.709. The lowest BCUT2D eigenvalue weighted by Crippen LogP contribution is -2.46. The molecule has 1 rings (SSSR count). The molecule has 5 heteroatoms. The predicted octanol–water partition coefficient (Wildman–Crippen LogP) is 0.191. The van der Waals surface area contributed by atoms with Gasteiger partial charge in [-0.1, -0.05) is 0 Å². The molecule has 0 aliphatic carbocycles. The molecule has 1 saturated heterocycles. The lowest BCUT2D eigenvalue weighted by atomic mass is 10.2. The van der Waals surface area contributed by atoms with Crippen LogP contribution in [0.3, 0.4) is 0 Å². The van der Waals surface area contributed by atoms with E-state index in [1.165, 1.54) is 0 Å². The zero-order chi connectivity index (χ0) is 10.6. The molecule has 1 aliphatic heterocycles. The Bertz CT molecular complexity index is 188. The number of rotatable bonds is 3. The number of nitrogens with zero attached hydrogens (tertiary/aromatic N) is 1. The van der Waals surface area contributed by atoms with Crippen molar-refractivity contribution in [1.82, 2.24) is 4.90 Å². The average Bonchev–Trinajstić information content (AvgIpc) is 2.01. The summed E-state index contributed by atoms with van der Waals surface area (Å²) in [6.07, 6.45) is -0.223. The Morgan fingerprint density at radius 1 is 1.50 bits per heavy atom. The van der Waals surface area contributed by atoms with E-state index in [0.29, 0.717) is 6.61 Å². The summed E-state index contributed by atoms with van der Waals surface area (Å²) in [6.45, 7) is 6.92. The van der Waals surface area contributed by atoms with Gasteiger partial charge in [-0.2, -0.15) is 0 Å². The number of amides is 1. The summed E-state index contributed by atoms with van der Waals surface area (Å²) >= 11 is 0. The van der Waals surface area contributed by atoms with Crippen LogP contribution in [0.5, 0.6) is 0 Å². The van der Waals surface area contributed by atoms with Gasteiger partial charge in [-0.15, -0.1) is 0 Å². The number of carbonyl (C=O) groups excluding carboxylic acids is 1. The zero-order valence-corrected chi connectivity index (χ0v) is 8.73. The molecule has 2 unspecified atom stereocenters. The maximum Gasteiger partial charge on any atom is 0.404 e. The number of primary amides is 1. The van der Waals surface area contributed by atoms with E-state index >= 15 is 0 Å². The minimum atomic E-state index is -0.709. The van der Waals surface area contributed by atoms with Crippen LogP contribution in [-0.4, -0.2) is 49.4 Å². The lowest BCUT2D eigenvalue weighted by Gasteiger charge is -2.34. The molecule has 1 heterocycles. The summed E-state index contributed by atoms with van der Waals surface area (Å²) in [7, 11) is 0. The van der Waals surface area contributed by atoms with Crippen molar-refractivity contribution in [3.63, 3.8) is 0 Å². The third-order valence-electron chi connectivity index (χ3n) is 2.15. The SMILES string of the molecule is CC1CN(CCOC(N)=O)CC(C)O1. The highest BCUT2D eigenvalue weighted by molar-refractivity contribution is 5.64. The Kier molecular flexibility index (Phi) is 4.16. The van der Waals surface area contributed by atoms with Crippen molar-refractivity contribution in [2.24, 2.45) is 5.73 Å². The van der Waals surface area contributed by atoms with Crippen LogP contribution in [0.15, 0.2) is 0 Å². The van der Waals surface area contributed by atoms with Crippen LogP contribution in [0.2, 0.25) is 0 Å². The van der Waals surface area contributed by atoms with Gasteiger partial charge in [-0.3, -0.25) is 4.90 Å². The summed E-state index contributed by atoms with van der Waals surface area (Å²) in [4.78, 5) is 12.5. The minimum absolute atomic E-state index is 0.243. The second-order valence-corrected chi connectivity index (χ2v) is 3.68. The number of nitrogens with two attached hydrogens (primary N) is 1. The average molecular weight is 202 g/mol. The molecule has 1 fully saturated rings. The van der Waals surface area contributed by atoms with Crippen molar-refractivity contribution in [3.05, 3.63) is 0 Å². The predicted molar refractivity (Wildman–Crippen MR) is 52.0 cm³/mol. The van der Waals surface area contributed by atoms with Crippen LogP contribution in [0.25, 0.3) is 0 Å². The molecule has 82 valence electrons. The fourth-order valence-electron chi connectivity index (χ4n) is 1.74. The Balaban J connectivity index is 2.20. The Morgan fingerprint density at radius 2 is 2.07 bits per heavy atom. The summed E-state index contributed by atoms with van der Waals surface area (Å²) in [5.74, 6) is 0. The first-order valence-electron chi connectivity index (χ1n) is 4.88. The van der Waals surface area contributed by atoms with Gasteiger partial charge in [0.05, 0.1) is 12.2 Å². The molecule has 0 aromatic carbocycles. The number of ether oxygens (including phenoxy) is 2. The van der Waals surface area contributed by atoms with E-state index in [9.17, 15) is 4.79 Å². The molecule has 0 aromatic heterocycles. The van der Waals surface area contributed by atoms with Crippen LogP contribution < -0.4 is 5.73 Å². The third-order valence-corrected chi connectivity index (χ3v) is 2.15. The largest absolute Gasteiger partial charge is 0.448 e. The van der Waals surface area contributed by atoms with Crippen molar-refractivity contribution in [3.8, 4) is 0 Å². The molecule has 5 nitrogen and oxygen atoms in total. The molecule has 0 radical (unpaired) electrons. The van der Waals surface area contributed by atoms with Gasteiger partial charge in [-0.05, 0) is 13.8 Å². The number of carbonyl (C=O) groups is 1. The number of hydrogen-bond acceptors (Lipinski definition) is 4. The van der Waals surface area contributed by atoms with Crippen molar-refractivity contribution in [2.45, 2.75) is 26.1 Å². The molecule has 0 aromatic rings. The van der Waals surface area contributed by atoms with E-state index in [1.807, 2.05) is 13.8 Å². The standard InChI is InChI=1S/C9H18N2O3/c1-7-5-11(6-8(2)14-7)3-4-13-9(10)12/h7-8H,3-6H2,1-2H3,(H2,10,12). The summed E-state index contributed by atoms with van der Waals surface area (Å²) < 4.78 is 10.2. The Morgan fingerprint density at radius 3 is 2.57 bits per heavy atom. The zero-order valence-electron chi connectivity index (χ0n) is 8.73. The van der Waals surface area contributed by atoms with Gasteiger partial charge >= 0.3 is 6.09 Å². The van der Waals surface area contributed by atoms with Gasteiger partial charge in [-0.25, -0.2) is 4.79 Å². The maximum atomic E-state index is 10.3. The summed E-state index contributed by atoms with van der Waals surface area (Å²) in [5.41, 5.74) is 4.86. The van der Waals surface area contributed by atoms with Gasteiger partial charge in [0.2, 0.25) is 0 Å². The van der Waals surface area contributed by atoms with Crippen LogP contribution in [-0.2, 0) is 9.47 Å². The van der Waals surface area contributed by atoms with Gasteiger partial charge in [0, 0.05) is 19.6 Å². The molecular weight excluding hydrogens is 184 g/mol. The second kappa shape index (κ2) is 5.17. The molecule has 0 bridgehead atoms. The van der Waals surface area contributed by atoms with E-state index < -0.39 is 6.09 Å². The molecular formula is C9H18N2O3. The second-order valence-electron chi connectivity index (χ2n) is 3.68. The van der Waals surface area contributed by atoms with E-state index in [2.05, 4.69) is 9.64 Å². The van der Waals surface area contributed by atoms with E-state index in [4.69, 9.17) is 10.5 Å². The normalized spacial score (nSPS) is 28.7. The summed E-state index contributed by atoms with van der Waals surface area (Å²) in [6, 6.07) is 0. The summed E-state index contributed by atoms with van der Waals surface area (Å²) in [5, 5.41) is 0. The molecule has 0 spiro atoms. The van der Waals surface area contributed by atoms with Crippen LogP contribution in [0.1, 0.15) is 13.8 Å². The number of hydrogen-bond donors (Lipinski definition) is 1. The van der Waals surface area contributed by atoms with Gasteiger partial charge in [0.25, 0.3) is 0 Å². The molecule has 1 aliphatic rings. The van der Waals surface area contributed by atoms with Crippen LogP contribution in [0, 0.1) is 0 Å². The first kappa shape index (κ1) is 11.3. The Labute approximate surface area is 84.1 Å². The highest BCUT2D eigenvalue weighted by Crippen LogP contribution is 2.09. The van der Waals surface area contributed by atoms with Gasteiger partial charge in [0.1, 0.15) is 6.61 Å². The monoisotopic (exact) mass is 202 g/mol. The van der Waals surface area contributed by atoms with Crippen molar-refractivity contribution in [2.75, 3.05) is 26.2 Å². The fraction of sp³-hybridized carbons (Fsp3) is 0.889. The first-order chi connectivity index (χ1) is 6.58.